The third-order valence-electron chi connectivity index (χ3n) is 2.89. The van der Waals surface area contributed by atoms with Gasteiger partial charge in [0.2, 0.25) is 0 Å². The van der Waals surface area contributed by atoms with Crippen LogP contribution in [0.1, 0.15) is 18.5 Å². The molecule has 1 aromatic rings. The lowest BCUT2D eigenvalue weighted by Gasteiger charge is -2.26. The summed E-state index contributed by atoms with van der Waals surface area (Å²) in [6, 6.07) is 11.2. The van der Waals surface area contributed by atoms with E-state index < -0.39 is 0 Å². The quantitative estimate of drug-likeness (QED) is 0.707. The molecule has 78 valence electrons. The van der Waals surface area contributed by atoms with E-state index in [9.17, 15) is 0 Å². The number of hydrogen-bond donors (Lipinski definition) is 0. The lowest BCUT2D eigenvalue weighted by atomic mass is 10.1. The van der Waals surface area contributed by atoms with Gasteiger partial charge in [0, 0.05) is 19.1 Å². The van der Waals surface area contributed by atoms with Crippen LogP contribution in [-0.2, 0) is 0 Å². The molecule has 0 spiro atoms. The first-order valence-electron chi connectivity index (χ1n) is 5.48. The van der Waals surface area contributed by atoms with Crippen LogP contribution in [0.4, 0.5) is 0 Å². The smallest absolute Gasteiger partial charge is 0.0326 e. The summed E-state index contributed by atoms with van der Waals surface area (Å²) in [6.07, 6.45) is 8.67. The van der Waals surface area contributed by atoms with Crippen LogP contribution in [0.5, 0.6) is 0 Å². The molecule has 0 saturated carbocycles. The fourth-order valence-electron chi connectivity index (χ4n) is 1.88. The van der Waals surface area contributed by atoms with E-state index in [0.717, 1.165) is 13.1 Å². The van der Waals surface area contributed by atoms with E-state index in [0.29, 0.717) is 6.04 Å². The van der Waals surface area contributed by atoms with Crippen molar-refractivity contribution in [3.63, 3.8) is 0 Å². The van der Waals surface area contributed by atoms with Gasteiger partial charge in [-0.1, -0.05) is 54.6 Å². The SMILES string of the molecule is C[C@H](c1ccccc1)N1CC=CC=CC1. The zero-order chi connectivity index (χ0) is 10.5. The van der Waals surface area contributed by atoms with Crippen molar-refractivity contribution in [3.05, 3.63) is 60.2 Å². The van der Waals surface area contributed by atoms with E-state index in [4.69, 9.17) is 0 Å². The van der Waals surface area contributed by atoms with Crippen LogP contribution >= 0.6 is 0 Å². The van der Waals surface area contributed by atoms with Crippen molar-refractivity contribution in [1.29, 1.82) is 0 Å². The highest BCUT2D eigenvalue weighted by atomic mass is 15.1. The molecule has 1 aliphatic rings. The molecule has 0 aliphatic carbocycles. The minimum absolute atomic E-state index is 0.485. The molecule has 0 fully saturated rings. The maximum atomic E-state index is 2.45. The van der Waals surface area contributed by atoms with Gasteiger partial charge in [-0.25, -0.2) is 0 Å². The molecular weight excluding hydrogens is 182 g/mol. The summed E-state index contributed by atoms with van der Waals surface area (Å²) in [6.45, 7) is 4.33. The van der Waals surface area contributed by atoms with E-state index >= 15 is 0 Å². The van der Waals surface area contributed by atoms with Crippen LogP contribution in [-0.4, -0.2) is 18.0 Å². The first kappa shape index (κ1) is 10.2. The molecule has 0 aromatic heterocycles. The van der Waals surface area contributed by atoms with Crippen LogP contribution < -0.4 is 0 Å². The molecule has 1 aliphatic heterocycles. The Kier molecular flexibility index (Phi) is 3.36. The predicted molar refractivity (Wildman–Crippen MR) is 64.7 cm³/mol. The van der Waals surface area contributed by atoms with Gasteiger partial charge in [0.15, 0.2) is 0 Å². The standard InChI is InChI=1S/C14H17N/c1-13(14-9-5-4-6-10-14)15-11-7-2-3-8-12-15/h2-10,13H,11-12H2,1H3/t13-/m1/s1. The van der Waals surface area contributed by atoms with Crippen LogP contribution in [0.15, 0.2) is 54.6 Å². The third kappa shape index (κ3) is 2.57. The van der Waals surface area contributed by atoms with E-state index in [1.165, 1.54) is 5.56 Å². The van der Waals surface area contributed by atoms with Gasteiger partial charge in [0.25, 0.3) is 0 Å². The van der Waals surface area contributed by atoms with Crippen molar-refractivity contribution in [1.82, 2.24) is 4.90 Å². The Morgan fingerprint density at radius 2 is 1.60 bits per heavy atom. The fourth-order valence-corrected chi connectivity index (χ4v) is 1.88. The summed E-state index contributed by atoms with van der Waals surface area (Å²) in [7, 11) is 0. The number of benzene rings is 1. The average Bonchev–Trinajstić information content (AvgIpc) is 2.58. The van der Waals surface area contributed by atoms with Crippen LogP contribution in [0.25, 0.3) is 0 Å². The first-order chi connectivity index (χ1) is 7.38. The van der Waals surface area contributed by atoms with E-state index in [2.05, 4.69) is 66.5 Å². The highest BCUT2D eigenvalue weighted by Gasteiger charge is 2.13. The molecule has 0 amide bonds. The Bertz CT molecular complexity index is 337. The molecule has 1 heterocycles. The summed E-state index contributed by atoms with van der Waals surface area (Å²) in [5, 5.41) is 0. The topological polar surface area (TPSA) is 3.24 Å². The zero-order valence-electron chi connectivity index (χ0n) is 9.13. The van der Waals surface area contributed by atoms with Crippen molar-refractivity contribution < 1.29 is 0 Å². The number of rotatable bonds is 2. The van der Waals surface area contributed by atoms with Gasteiger partial charge in [-0.3, -0.25) is 4.90 Å². The number of nitrogens with zero attached hydrogens (tertiary/aromatic N) is 1. The molecule has 0 bridgehead atoms. The summed E-state index contributed by atoms with van der Waals surface area (Å²) in [4.78, 5) is 2.45. The van der Waals surface area contributed by atoms with E-state index in [1.54, 1.807) is 0 Å². The molecule has 1 atom stereocenters. The van der Waals surface area contributed by atoms with Gasteiger partial charge in [-0.2, -0.15) is 0 Å². The van der Waals surface area contributed by atoms with Gasteiger partial charge in [0.05, 0.1) is 0 Å². The lowest BCUT2D eigenvalue weighted by Crippen LogP contribution is -2.26. The van der Waals surface area contributed by atoms with Crippen LogP contribution in [0.3, 0.4) is 0 Å². The predicted octanol–water partition coefficient (Wildman–Crippen LogP) is 3.18. The van der Waals surface area contributed by atoms with Crippen molar-refractivity contribution in [2.45, 2.75) is 13.0 Å². The Morgan fingerprint density at radius 3 is 2.20 bits per heavy atom. The highest BCUT2D eigenvalue weighted by molar-refractivity contribution is 5.19. The molecule has 0 radical (unpaired) electrons. The third-order valence-corrected chi connectivity index (χ3v) is 2.89. The van der Waals surface area contributed by atoms with E-state index in [-0.39, 0.29) is 0 Å². The van der Waals surface area contributed by atoms with Crippen LogP contribution in [0.2, 0.25) is 0 Å². The van der Waals surface area contributed by atoms with E-state index in [1.807, 2.05) is 0 Å². The monoisotopic (exact) mass is 199 g/mol. The first-order valence-corrected chi connectivity index (χ1v) is 5.48. The van der Waals surface area contributed by atoms with Crippen molar-refractivity contribution in [2.75, 3.05) is 13.1 Å². The van der Waals surface area contributed by atoms with Gasteiger partial charge >= 0.3 is 0 Å². The van der Waals surface area contributed by atoms with Crippen molar-refractivity contribution >= 4 is 0 Å². The zero-order valence-corrected chi connectivity index (χ0v) is 9.13. The summed E-state index contributed by atoms with van der Waals surface area (Å²) in [5.74, 6) is 0. The highest BCUT2D eigenvalue weighted by Crippen LogP contribution is 2.20. The normalized spacial score (nSPS) is 18.7. The second-order valence-corrected chi connectivity index (χ2v) is 3.90. The fraction of sp³-hybridized carbons (Fsp3) is 0.286. The maximum Gasteiger partial charge on any atom is 0.0326 e. The molecule has 0 N–H and O–H groups in total. The molecule has 1 aromatic carbocycles. The van der Waals surface area contributed by atoms with Crippen molar-refractivity contribution in [3.8, 4) is 0 Å². The average molecular weight is 199 g/mol. The molecular formula is C14H17N. The Labute approximate surface area is 91.7 Å². The van der Waals surface area contributed by atoms with Gasteiger partial charge in [-0.15, -0.1) is 0 Å². The maximum absolute atomic E-state index is 2.45. The molecule has 0 unspecified atom stereocenters. The Balaban J connectivity index is 2.10. The van der Waals surface area contributed by atoms with Crippen molar-refractivity contribution in [2.24, 2.45) is 0 Å². The Hall–Kier alpha value is -1.34. The summed E-state index contributed by atoms with van der Waals surface area (Å²) >= 11 is 0. The molecule has 0 saturated heterocycles. The largest absolute Gasteiger partial charge is 0.289 e. The minimum atomic E-state index is 0.485. The lowest BCUT2D eigenvalue weighted by molar-refractivity contribution is 0.261. The minimum Gasteiger partial charge on any atom is -0.289 e. The Morgan fingerprint density at radius 1 is 1.00 bits per heavy atom. The second kappa shape index (κ2) is 4.94. The van der Waals surface area contributed by atoms with Crippen LogP contribution in [0, 0.1) is 0 Å². The molecule has 15 heavy (non-hydrogen) atoms. The number of hydrogen-bond acceptors (Lipinski definition) is 1. The molecule has 1 nitrogen and oxygen atoms in total. The molecule has 1 heteroatoms. The summed E-state index contributed by atoms with van der Waals surface area (Å²) in [5.41, 5.74) is 1.39. The van der Waals surface area contributed by atoms with Gasteiger partial charge in [0.1, 0.15) is 0 Å². The summed E-state index contributed by atoms with van der Waals surface area (Å²) < 4.78 is 0. The second-order valence-electron chi connectivity index (χ2n) is 3.90. The molecule has 2 rings (SSSR count). The van der Waals surface area contributed by atoms with Gasteiger partial charge in [-0.05, 0) is 12.5 Å². The van der Waals surface area contributed by atoms with Gasteiger partial charge < -0.3 is 0 Å². The number of allylic oxidation sites excluding steroid dienone is 2.